The van der Waals surface area contributed by atoms with Crippen LogP contribution in [0.2, 0.25) is 0 Å². The Bertz CT molecular complexity index is 893. The van der Waals surface area contributed by atoms with E-state index < -0.39 is 0 Å². The third-order valence-corrected chi connectivity index (χ3v) is 5.95. The van der Waals surface area contributed by atoms with E-state index in [9.17, 15) is 10.1 Å². The van der Waals surface area contributed by atoms with Crippen molar-refractivity contribution in [3.05, 3.63) is 35.9 Å². The van der Waals surface area contributed by atoms with E-state index in [-0.39, 0.29) is 11.8 Å². The second-order valence-electron chi connectivity index (χ2n) is 7.87. The number of benzene rings is 1. The Balaban J connectivity index is 1.38. The van der Waals surface area contributed by atoms with Crippen LogP contribution < -0.4 is 4.90 Å². The Labute approximate surface area is 165 Å². The summed E-state index contributed by atoms with van der Waals surface area (Å²) in [4.78, 5) is 21.4. The number of piperidine rings is 1. The topological polar surface area (TPSA) is 69.5 Å². The molecule has 0 spiro atoms. The van der Waals surface area contributed by atoms with Crippen LogP contribution in [-0.2, 0) is 9.53 Å². The van der Waals surface area contributed by atoms with Crippen molar-refractivity contribution in [1.29, 1.82) is 5.26 Å². The van der Waals surface area contributed by atoms with E-state index in [0.717, 1.165) is 55.6 Å². The number of fused-ring (bicyclic) bond motifs is 1. The fourth-order valence-corrected chi connectivity index (χ4v) is 4.28. The third kappa shape index (κ3) is 3.81. The number of pyridine rings is 1. The number of rotatable bonds is 4. The Morgan fingerprint density at radius 3 is 2.82 bits per heavy atom. The Hall–Kier alpha value is -2.65. The van der Waals surface area contributed by atoms with Crippen LogP contribution in [0, 0.1) is 23.2 Å². The Kier molecular flexibility index (Phi) is 5.45. The molecule has 2 fully saturated rings. The molecule has 0 saturated carbocycles. The van der Waals surface area contributed by atoms with Gasteiger partial charge in [-0.2, -0.15) is 5.26 Å². The van der Waals surface area contributed by atoms with E-state index in [1.165, 1.54) is 0 Å². The molecule has 146 valence electrons. The molecule has 0 aliphatic carbocycles. The zero-order chi connectivity index (χ0) is 19.5. The van der Waals surface area contributed by atoms with Crippen LogP contribution >= 0.6 is 0 Å². The lowest BCUT2D eigenvalue weighted by Gasteiger charge is -2.35. The van der Waals surface area contributed by atoms with Gasteiger partial charge >= 0.3 is 0 Å². The van der Waals surface area contributed by atoms with Crippen molar-refractivity contribution < 1.29 is 9.53 Å². The summed E-state index contributed by atoms with van der Waals surface area (Å²) in [5, 5.41) is 10.4. The van der Waals surface area contributed by atoms with Gasteiger partial charge in [0.2, 0.25) is 5.91 Å². The first-order valence-corrected chi connectivity index (χ1v) is 10.0. The van der Waals surface area contributed by atoms with Gasteiger partial charge in [-0.1, -0.05) is 18.2 Å². The fraction of sp³-hybridized carbons (Fsp3) is 0.500. The van der Waals surface area contributed by atoms with Crippen molar-refractivity contribution in [2.45, 2.75) is 19.3 Å². The molecule has 1 amide bonds. The number of aromatic nitrogens is 1. The van der Waals surface area contributed by atoms with Crippen LogP contribution in [0.3, 0.4) is 0 Å². The number of amides is 1. The lowest BCUT2D eigenvalue weighted by Crippen LogP contribution is -2.41. The molecule has 0 bridgehead atoms. The summed E-state index contributed by atoms with van der Waals surface area (Å²) in [6.07, 6.45) is 2.89. The van der Waals surface area contributed by atoms with Gasteiger partial charge in [0.1, 0.15) is 5.82 Å². The average Bonchev–Trinajstić information content (AvgIpc) is 3.27. The number of hydrogen-bond donors (Lipinski definition) is 0. The van der Waals surface area contributed by atoms with Crippen LogP contribution in [0.1, 0.15) is 24.8 Å². The predicted octanol–water partition coefficient (Wildman–Crippen LogP) is 2.82. The number of nitriles is 1. The lowest BCUT2D eigenvalue weighted by molar-refractivity contribution is -0.134. The second kappa shape index (κ2) is 8.15. The Morgan fingerprint density at radius 2 is 2.11 bits per heavy atom. The standard InChI is InChI=1S/C22H26N4O2/c1-25(22(27)17-8-11-28-15-17)14-16-6-9-26(10-7-16)21-12-18(13-23)19-4-2-3-5-20(19)24-21/h2-5,12,16-17H,6-11,14-15H2,1H3. The maximum atomic E-state index is 12.5. The van der Waals surface area contributed by atoms with Gasteiger partial charge in [0.25, 0.3) is 0 Å². The molecule has 6 heteroatoms. The molecule has 3 heterocycles. The van der Waals surface area contributed by atoms with Gasteiger partial charge in [0.15, 0.2) is 0 Å². The van der Waals surface area contributed by atoms with Crippen molar-refractivity contribution in [3.8, 4) is 6.07 Å². The van der Waals surface area contributed by atoms with Gasteiger partial charge in [-0.3, -0.25) is 4.79 Å². The molecule has 1 aromatic heterocycles. The first kappa shape index (κ1) is 18.7. The molecule has 0 N–H and O–H groups in total. The molecule has 2 saturated heterocycles. The normalized spacial score (nSPS) is 20.3. The van der Waals surface area contributed by atoms with Crippen LogP contribution in [0.25, 0.3) is 10.9 Å². The van der Waals surface area contributed by atoms with Gasteiger partial charge in [-0.15, -0.1) is 0 Å². The highest BCUT2D eigenvalue weighted by Crippen LogP contribution is 2.27. The van der Waals surface area contributed by atoms with Crippen LogP contribution in [0.15, 0.2) is 30.3 Å². The lowest BCUT2D eigenvalue weighted by atomic mass is 9.95. The molecule has 1 atom stereocenters. The summed E-state index contributed by atoms with van der Waals surface area (Å²) in [5.41, 5.74) is 1.54. The first-order chi connectivity index (χ1) is 13.7. The summed E-state index contributed by atoms with van der Waals surface area (Å²) in [5.74, 6) is 1.63. The number of carbonyl (C=O) groups is 1. The molecule has 6 nitrogen and oxygen atoms in total. The molecule has 0 radical (unpaired) electrons. The highest BCUT2D eigenvalue weighted by molar-refractivity contribution is 5.86. The number of ether oxygens (including phenoxy) is 1. The van der Waals surface area contributed by atoms with Gasteiger partial charge in [0.05, 0.1) is 29.7 Å². The van der Waals surface area contributed by atoms with Crippen LogP contribution in [0.5, 0.6) is 0 Å². The number of anilines is 1. The van der Waals surface area contributed by atoms with Crippen LogP contribution in [0.4, 0.5) is 5.82 Å². The number of hydrogen-bond acceptors (Lipinski definition) is 5. The van der Waals surface area contributed by atoms with E-state index in [1.807, 2.05) is 42.3 Å². The third-order valence-electron chi connectivity index (χ3n) is 5.95. The molecule has 4 rings (SSSR count). The van der Waals surface area contributed by atoms with Gasteiger partial charge in [-0.05, 0) is 37.3 Å². The highest BCUT2D eigenvalue weighted by Gasteiger charge is 2.29. The smallest absolute Gasteiger partial charge is 0.227 e. The van der Waals surface area contributed by atoms with Gasteiger partial charge < -0.3 is 14.5 Å². The number of carbonyl (C=O) groups excluding carboxylic acids is 1. The van der Waals surface area contributed by atoms with Gasteiger partial charge in [0, 0.05) is 38.7 Å². The number of para-hydroxylation sites is 1. The zero-order valence-electron chi connectivity index (χ0n) is 16.3. The van der Waals surface area contributed by atoms with Crippen molar-refractivity contribution >= 4 is 22.6 Å². The molecule has 28 heavy (non-hydrogen) atoms. The zero-order valence-corrected chi connectivity index (χ0v) is 16.3. The monoisotopic (exact) mass is 378 g/mol. The van der Waals surface area contributed by atoms with E-state index in [1.54, 1.807) is 0 Å². The minimum Gasteiger partial charge on any atom is -0.381 e. The molecular formula is C22H26N4O2. The minimum atomic E-state index is 0.0382. The van der Waals surface area contributed by atoms with E-state index >= 15 is 0 Å². The quantitative estimate of drug-likeness (QED) is 0.818. The van der Waals surface area contributed by atoms with Crippen molar-refractivity contribution in [3.63, 3.8) is 0 Å². The largest absolute Gasteiger partial charge is 0.381 e. The van der Waals surface area contributed by atoms with E-state index in [2.05, 4.69) is 11.0 Å². The SMILES string of the molecule is CN(CC1CCN(c2cc(C#N)c3ccccc3n2)CC1)C(=O)C1CCOC1. The summed E-state index contributed by atoms with van der Waals surface area (Å²) in [6.45, 7) is 3.87. The molecule has 2 aromatic rings. The minimum absolute atomic E-state index is 0.0382. The van der Waals surface area contributed by atoms with Crippen molar-refractivity contribution in [2.24, 2.45) is 11.8 Å². The maximum Gasteiger partial charge on any atom is 0.227 e. The fourth-order valence-electron chi connectivity index (χ4n) is 4.28. The summed E-state index contributed by atoms with van der Waals surface area (Å²) < 4.78 is 5.35. The van der Waals surface area contributed by atoms with Crippen LogP contribution in [-0.4, -0.2) is 55.7 Å². The average molecular weight is 378 g/mol. The summed E-state index contributed by atoms with van der Waals surface area (Å²) in [7, 11) is 1.91. The summed E-state index contributed by atoms with van der Waals surface area (Å²) >= 11 is 0. The molecule has 2 aliphatic heterocycles. The molecule has 2 aliphatic rings. The van der Waals surface area contributed by atoms with E-state index in [4.69, 9.17) is 9.72 Å². The molecular weight excluding hydrogens is 352 g/mol. The highest BCUT2D eigenvalue weighted by atomic mass is 16.5. The predicted molar refractivity (Wildman–Crippen MR) is 108 cm³/mol. The first-order valence-electron chi connectivity index (χ1n) is 10.0. The van der Waals surface area contributed by atoms with Crippen molar-refractivity contribution in [1.82, 2.24) is 9.88 Å². The van der Waals surface area contributed by atoms with Crippen molar-refractivity contribution in [2.75, 3.05) is 44.8 Å². The second-order valence-corrected chi connectivity index (χ2v) is 7.87. The molecule has 1 unspecified atom stereocenters. The Morgan fingerprint density at radius 1 is 1.32 bits per heavy atom. The molecule has 1 aromatic carbocycles. The van der Waals surface area contributed by atoms with E-state index in [0.29, 0.717) is 24.7 Å². The number of nitrogens with zero attached hydrogens (tertiary/aromatic N) is 4. The van der Waals surface area contributed by atoms with Gasteiger partial charge in [-0.25, -0.2) is 4.98 Å². The maximum absolute atomic E-state index is 12.5. The summed E-state index contributed by atoms with van der Waals surface area (Å²) in [6, 6.07) is 12.0.